The number of carbonyl (C=O) groups is 1. The van der Waals surface area contributed by atoms with Gasteiger partial charge in [-0.05, 0) is 30.2 Å². The summed E-state index contributed by atoms with van der Waals surface area (Å²) in [6, 6.07) is 9.35. The Morgan fingerprint density at radius 1 is 1.12 bits per heavy atom. The summed E-state index contributed by atoms with van der Waals surface area (Å²) in [7, 11) is -0.741. The highest BCUT2D eigenvalue weighted by molar-refractivity contribution is 7.89. The molecule has 0 aliphatic rings. The van der Waals surface area contributed by atoms with E-state index in [1.165, 1.54) is 37.2 Å². The molecule has 3 rings (SSSR count). The van der Waals surface area contributed by atoms with E-state index in [9.17, 15) is 18.0 Å². The highest BCUT2D eigenvalue weighted by Crippen LogP contribution is 2.29. The fourth-order valence-electron chi connectivity index (χ4n) is 3.15. The third-order valence-corrected chi connectivity index (χ3v) is 5.83. The fourth-order valence-corrected chi connectivity index (χ4v) is 3.66. The molecule has 1 aromatic heterocycles. The number of methoxy groups -OCH3 is 2. The van der Waals surface area contributed by atoms with Crippen molar-refractivity contribution in [1.82, 2.24) is 14.9 Å². The van der Waals surface area contributed by atoms with Crippen LogP contribution in [0.25, 0.3) is 10.9 Å². The first-order valence-electron chi connectivity index (χ1n) is 9.72. The monoisotopic (exact) mass is 460 g/mol. The van der Waals surface area contributed by atoms with Crippen molar-refractivity contribution >= 4 is 26.8 Å². The smallest absolute Gasteiger partial charge is 0.261 e. The topological polar surface area (TPSA) is 143 Å². The zero-order chi connectivity index (χ0) is 23.3. The summed E-state index contributed by atoms with van der Waals surface area (Å²) in [6.07, 6.45) is 2.03. The predicted octanol–water partition coefficient (Wildman–Crippen LogP) is 0.810. The van der Waals surface area contributed by atoms with Gasteiger partial charge in [0, 0.05) is 25.6 Å². The second kappa shape index (κ2) is 9.79. The van der Waals surface area contributed by atoms with Gasteiger partial charge in [-0.1, -0.05) is 12.1 Å². The maximum absolute atomic E-state index is 12.7. The van der Waals surface area contributed by atoms with Crippen LogP contribution in [0.5, 0.6) is 11.5 Å². The van der Waals surface area contributed by atoms with E-state index >= 15 is 0 Å². The number of ether oxygens (including phenoxy) is 2. The number of aryl methyl sites for hydroxylation is 1. The zero-order valence-electron chi connectivity index (χ0n) is 17.7. The Morgan fingerprint density at radius 2 is 1.78 bits per heavy atom. The molecule has 1 heterocycles. The van der Waals surface area contributed by atoms with Gasteiger partial charge in [0.05, 0.1) is 36.3 Å². The number of nitrogens with one attached hydrogen (secondary N) is 1. The molecule has 0 saturated carbocycles. The van der Waals surface area contributed by atoms with E-state index in [2.05, 4.69) is 10.3 Å². The summed E-state index contributed by atoms with van der Waals surface area (Å²) in [6.45, 7) is 0.542. The first-order chi connectivity index (χ1) is 15.2. The molecule has 0 spiro atoms. The lowest BCUT2D eigenvalue weighted by Gasteiger charge is -2.11. The quantitative estimate of drug-likeness (QED) is 0.481. The minimum absolute atomic E-state index is 0.0378. The highest BCUT2D eigenvalue weighted by Gasteiger charge is 2.12. The molecule has 0 bridgehead atoms. The number of nitrogens with two attached hydrogens (primary N) is 1. The van der Waals surface area contributed by atoms with Gasteiger partial charge in [0.2, 0.25) is 15.9 Å². The molecule has 1 amide bonds. The average Bonchev–Trinajstić information content (AvgIpc) is 2.77. The first-order valence-corrected chi connectivity index (χ1v) is 11.3. The number of carbonyl (C=O) groups excluding carboxylic acids is 1. The van der Waals surface area contributed by atoms with E-state index in [0.717, 1.165) is 5.56 Å². The van der Waals surface area contributed by atoms with Crippen molar-refractivity contribution in [2.45, 2.75) is 24.3 Å². The van der Waals surface area contributed by atoms with Crippen LogP contribution in [0.3, 0.4) is 0 Å². The van der Waals surface area contributed by atoms with Crippen LogP contribution in [0.1, 0.15) is 12.0 Å². The second-order valence-electron chi connectivity index (χ2n) is 7.01. The van der Waals surface area contributed by atoms with Gasteiger partial charge in [-0.25, -0.2) is 18.5 Å². The normalized spacial score (nSPS) is 11.3. The van der Waals surface area contributed by atoms with Crippen LogP contribution < -0.4 is 25.5 Å². The van der Waals surface area contributed by atoms with Gasteiger partial charge in [-0.2, -0.15) is 0 Å². The van der Waals surface area contributed by atoms with Gasteiger partial charge in [0.25, 0.3) is 5.56 Å². The second-order valence-corrected chi connectivity index (χ2v) is 8.57. The number of primary sulfonamides is 1. The highest BCUT2D eigenvalue weighted by atomic mass is 32.2. The predicted molar refractivity (Wildman–Crippen MR) is 118 cm³/mol. The molecule has 0 unspecified atom stereocenters. The van der Waals surface area contributed by atoms with E-state index in [1.54, 1.807) is 24.3 Å². The van der Waals surface area contributed by atoms with Crippen LogP contribution in [0.15, 0.2) is 52.4 Å². The number of rotatable bonds is 9. The Morgan fingerprint density at radius 3 is 2.41 bits per heavy atom. The lowest BCUT2D eigenvalue weighted by atomic mass is 10.1. The van der Waals surface area contributed by atoms with Crippen molar-refractivity contribution in [3.63, 3.8) is 0 Å². The van der Waals surface area contributed by atoms with E-state index in [-0.39, 0.29) is 29.3 Å². The van der Waals surface area contributed by atoms with E-state index in [0.29, 0.717) is 35.4 Å². The SMILES string of the molecule is COc1cc2ncn(CCC(=O)NCCc3ccc(S(N)(=O)=O)cc3)c(=O)c2cc1OC. The van der Waals surface area contributed by atoms with Crippen LogP contribution in [-0.4, -0.2) is 44.6 Å². The molecule has 0 radical (unpaired) electrons. The summed E-state index contributed by atoms with van der Waals surface area (Å²) in [5.74, 6) is 0.681. The van der Waals surface area contributed by atoms with Gasteiger partial charge < -0.3 is 14.8 Å². The maximum Gasteiger partial charge on any atom is 0.261 e. The lowest BCUT2D eigenvalue weighted by Crippen LogP contribution is -2.29. The number of hydrogen-bond donors (Lipinski definition) is 2. The molecule has 3 N–H and O–H groups in total. The van der Waals surface area contributed by atoms with Crippen LogP contribution in [-0.2, 0) is 27.8 Å². The van der Waals surface area contributed by atoms with E-state index in [1.807, 2.05) is 0 Å². The minimum atomic E-state index is -3.73. The van der Waals surface area contributed by atoms with Gasteiger partial charge in [-0.15, -0.1) is 0 Å². The molecular formula is C21H24N4O6S. The Balaban J connectivity index is 1.57. The van der Waals surface area contributed by atoms with Crippen molar-refractivity contribution in [1.29, 1.82) is 0 Å². The molecule has 11 heteroatoms. The number of benzene rings is 2. The number of sulfonamides is 1. The van der Waals surface area contributed by atoms with Gasteiger partial charge in [0.1, 0.15) is 0 Å². The van der Waals surface area contributed by atoms with Crippen molar-refractivity contribution in [2.75, 3.05) is 20.8 Å². The average molecular weight is 461 g/mol. The van der Waals surface area contributed by atoms with Crippen LogP contribution >= 0.6 is 0 Å². The summed E-state index contributed by atoms with van der Waals surface area (Å²) in [4.78, 5) is 29.2. The molecule has 32 heavy (non-hydrogen) atoms. The van der Waals surface area contributed by atoms with Crippen LogP contribution in [0.2, 0.25) is 0 Å². The summed E-state index contributed by atoms with van der Waals surface area (Å²) in [5.41, 5.74) is 1.05. The van der Waals surface area contributed by atoms with E-state index in [4.69, 9.17) is 14.6 Å². The van der Waals surface area contributed by atoms with E-state index < -0.39 is 10.0 Å². The van der Waals surface area contributed by atoms with Gasteiger partial charge >= 0.3 is 0 Å². The fraction of sp³-hybridized carbons (Fsp3) is 0.286. The van der Waals surface area contributed by atoms with Crippen molar-refractivity contribution < 1.29 is 22.7 Å². The number of aromatic nitrogens is 2. The Bertz CT molecular complexity index is 1290. The molecule has 10 nitrogen and oxygen atoms in total. The molecule has 2 aromatic carbocycles. The van der Waals surface area contributed by atoms with Crippen LogP contribution in [0, 0.1) is 0 Å². The maximum atomic E-state index is 12.7. The largest absolute Gasteiger partial charge is 0.493 e. The number of hydrogen-bond acceptors (Lipinski definition) is 7. The molecule has 3 aromatic rings. The van der Waals surface area contributed by atoms with Crippen molar-refractivity contribution in [2.24, 2.45) is 5.14 Å². The molecule has 0 saturated heterocycles. The zero-order valence-corrected chi connectivity index (χ0v) is 18.5. The summed E-state index contributed by atoms with van der Waals surface area (Å²) in [5, 5.41) is 8.22. The summed E-state index contributed by atoms with van der Waals surface area (Å²) < 4.78 is 34.4. The van der Waals surface area contributed by atoms with Crippen molar-refractivity contribution in [3.05, 3.63) is 58.6 Å². The standard InChI is InChI=1S/C21H24N4O6S/c1-30-18-11-16-17(12-19(18)31-2)24-13-25(21(16)27)10-8-20(26)23-9-7-14-3-5-15(6-4-14)32(22,28)29/h3-6,11-13H,7-10H2,1-2H3,(H,23,26)(H2,22,28,29). The lowest BCUT2D eigenvalue weighted by molar-refractivity contribution is -0.121. The number of amides is 1. The third-order valence-electron chi connectivity index (χ3n) is 4.90. The Labute approximate surface area is 185 Å². The van der Waals surface area contributed by atoms with Gasteiger partial charge in [-0.3, -0.25) is 14.2 Å². The Hall–Kier alpha value is -3.44. The summed E-state index contributed by atoms with van der Waals surface area (Å²) >= 11 is 0. The van der Waals surface area contributed by atoms with Gasteiger partial charge in [0.15, 0.2) is 11.5 Å². The molecule has 0 atom stereocenters. The molecule has 0 aliphatic heterocycles. The molecule has 0 fully saturated rings. The molecule has 170 valence electrons. The van der Waals surface area contributed by atoms with Crippen molar-refractivity contribution in [3.8, 4) is 11.5 Å². The minimum Gasteiger partial charge on any atom is -0.493 e. The molecule has 0 aliphatic carbocycles. The van der Waals surface area contributed by atoms with Crippen LogP contribution in [0.4, 0.5) is 0 Å². The molecular weight excluding hydrogens is 436 g/mol. The first kappa shape index (κ1) is 23.2. The number of fused-ring (bicyclic) bond motifs is 1. The Kier molecular flexibility index (Phi) is 7.11. The third kappa shape index (κ3) is 5.42. The number of nitrogens with zero attached hydrogens (tertiary/aromatic N) is 2.